The number of aryl methyl sites for hydroxylation is 1. The Kier molecular flexibility index (Phi) is 4.98. The minimum atomic E-state index is -3.65. The van der Waals surface area contributed by atoms with Gasteiger partial charge in [0, 0.05) is 17.1 Å². The van der Waals surface area contributed by atoms with Crippen molar-refractivity contribution in [3.8, 4) is 6.07 Å². The summed E-state index contributed by atoms with van der Waals surface area (Å²) in [6.07, 6.45) is 3.24. The number of anilines is 2. The van der Waals surface area contributed by atoms with Crippen molar-refractivity contribution in [2.45, 2.75) is 19.8 Å². The molecule has 1 heterocycles. The van der Waals surface area contributed by atoms with Gasteiger partial charge in [0.15, 0.2) is 5.13 Å². The Morgan fingerprint density at radius 3 is 2.58 bits per heavy atom. The minimum absolute atomic E-state index is 0.116. The van der Waals surface area contributed by atoms with Gasteiger partial charge in [-0.15, -0.1) is 11.3 Å². The van der Waals surface area contributed by atoms with Gasteiger partial charge in [-0.3, -0.25) is 4.79 Å². The van der Waals surface area contributed by atoms with Crippen LogP contribution in [0.2, 0.25) is 0 Å². The van der Waals surface area contributed by atoms with Crippen LogP contribution in [0.25, 0.3) is 0 Å². The van der Waals surface area contributed by atoms with Crippen molar-refractivity contribution in [3.63, 3.8) is 0 Å². The van der Waals surface area contributed by atoms with Gasteiger partial charge in [-0.25, -0.2) is 18.1 Å². The van der Waals surface area contributed by atoms with Gasteiger partial charge in [-0.1, -0.05) is 0 Å². The number of nitrogens with one attached hydrogen (secondary N) is 1. The van der Waals surface area contributed by atoms with Crippen molar-refractivity contribution < 1.29 is 13.2 Å². The summed E-state index contributed by atoms with van der Waals surface area (Å²) in [6.45, 7) is 2.51. The first-order chi connectivity index (χ1) is 12.3. The first-order valence-corrected chi connectivity index (χ1v) is 10.7. The third-order valence-corrected chi connectivity index (χ3v) is 5.51. The van der Waals surface area contributed by atoms with Gasteiger partial charge < -0.3 is 4.90 Å². The highest BCUT2D eigenvalue weighted by Crippen LogP contribution is 2.37. The van der Waals surface area contributed by atoms with E-state index in [0.717, 1.165) is 31.3 Å². The highest BCUT2D eigenvalue weighted by atomic mass is 32.2. The molecule has 2 aromatic rings. The Hall–Kier alpha value is -2.44. The SMILES string of the molecule is Cc1sc(N(CC2CC2)c2ccc(C#N)cc2)nc1C(=O)NS(C)(=O)=O. The van der Waals surface area contributed by atoms with E-state index in [1.807, 2.05) is 21.8 Å². The number of amides is 1. The molecular formula is C17H18N4O3S2. The van der Waals surface area contributed by atoms with Crippen molar-refractivity contribution in [1.82, 2.24) is 9.71 Å². The maximum absolute atomic E-state index is 12.2. The van der Waals surface area contributed by atoms with Gasteiger partial charge >= 0.3 is 0 Å². The predicted molar refractivity (Wildman–Crippen MR) is 100 cm³/mol. The molecule has 1 saturated carbocycles. The number of carbonyl (C=O) groups excluding carboxylic acids is 1. The fraction of sp³-hybridized carbons (Fsp3) is 0.353. The summed E-state index contributed by atoms with van der Waals surface area (Å²) in [5.74, 6) is -0.151. The molecule has 3 rings (SSSR count). The zero-order valence-corrected chi connectivity index (χ0v) is 16.0. The van der Waals surface area contributed by atoms with E-state index in [9.17, 15) is 13.2 Å². The van der Waals surface area contributed by atoms with Crippen LogP contribution in [0.5, 0.6) is 0 Å². The number of benzene rings is 1. The Morgan fingerprint density at radius 1 is 1.38 bits per heavy atom. The number of nitrogens with zero attached hydrogens (tertiary/aromatic N) is 3. The number of thiazole rings is 1. The number of sulfonamides is 1. The van der Waals surface area contributed by atoms with Crippen LogP contribution in [0.15, 0.2) is 24.3 Å². The molecule has 0 atom stereocenters. The summed E-state index contributed by atoms with van der Waals surface area (Å²) in [4.78, 5) is 19.2. The molecule has 9 heteroatoms. The Balaban J connectivity index is 1.93. The quantitative estimate of drug-likeness (QED) is 0.813. The molecule has 1 amide bonds. The van der Waals surface area contributed by atoms with Crippen molar-refractivity contribution in [2.75, 3.05) is 17.7 Å². The highest BCUT2D eigenvalue weighted by molar-refractivity contribution is 7.89. The molecule has 1 aliphatic rings. The molecule has 26 heavy (non-hydrogen) atoms. The van der Waals surface area contributed by atoms with Crippen molar-refractivity contribution in [2.24, 2.45) is 5.92 Å². The molecule has 1 aromatic heterocycles. The summed E-state index contributed by atoms with van der Waals surface area (Å²) < 4.78 is 24.6. The van der Waals surface area contributed by atoms with Gasteiger partial charge in [0.25, 0.3) is 5.91 Å². The molecule has 1 fully saturated rings. The molecule has 7 nitrogen and oxygen atoms in total. The topological polar surface area (TPSA) is 103 Å². The minimum Gasteiger partial charge on any atom is -0.318 e. The standard InChI is InChI=1S/C17H18N4O3S2/c1-11-15(16(22)20-26(2,23)24)19-17(25-11)21(10-13-3-4-13)14-7-5-12(9-18)6-8-14/h5-8,13H,3-4,10H2,1-2H3,(H,20,22). The summed E-state index contributed by atoms with van der Waals surface area (Å²) in [7, 11) is -3.65. The van der Waals surface area contributed by atoms with Gasteiger partial charge in [0.05, 0.1) is 17.9 Å². The van der Waals surface area contributed by atoms with Gasteiger partial charge in [-0.2, -0.15) is 5.26 Å². The van der Waals surface area contributed by atoms with Gasteiger partial charge in [0.2, 0.25) is 10.0 Å². The molecule has 1 aliphatic carbocycles. The number of hydrogen-bond donors (Lipinski definition) is 1. The third kappa shape index (κ3) is 4.39. The van der Waals surface area contributed by atoms with Crippen LogP contribution in [0.3, 0.4) is 0 Å². The first-order valence-electron chi connectivity index (χ1n) is 8.04. The van der Waals surface area contributed by atoms with Crippen LogP contribution in [0.4, 0.5) is 10.8 Å². The van der Waals surface area contributed by atoms with Crippen molar-refractivity contribution >= 4 is 38.1 Å². The van der Waals surface area contributed by atoms with Crippen LogP contribution in [-0.2, 0) is 10.0 Å². The van der Waals surface area contributed by atoms with Crippen molar-refractivity contribution in [1.29, 1.82) is 5.26 Å². The average molecular weight is 390 g/mol. The van der Waals surface area contributed by atoms with Crippen LogP contribution < -0.4 is 9.62 Å². The first kappa shape index (κ1) is 18.4. The number of aromatic nitrogens is 1. The maximum atomic E-state index is 12.2. The normalized spacial score (nSPS) is 13.9. The van der Waals surface area contributed by atoms with Crippen LogP contribution in [-0.4, -0.2) is 32.1 Å². The number of rotatable bonds is 6. The van der Waals surface area contributed by atoms with Crippen LogP contribution in [0, 0.1) is 24.2 Å². The van der Waals surface area contributed by atoms with Crippen LogP contribution >= 0.6 is 11.3 Å². The zero-order chi connectivity index (χ0) is 18.9. The lowest BCUT2D eigenvalue weighted by atomic mass is 10.2. The number of nitriles is 1. The van der Waals surface area contributed by atoms with Crippen LogP contribution in [0.1, 0.15) is 33.8 Å². The Bertz CT molecular complexity index is 970. The molecule has 1 N–H and O–H groups in total. The van der Waals surface area contributed by atoms with E-state index in [1.165, 1.54) is 11.3 Å². The average Bonchev–Trinajstić information content (AvgIpc) is 3.31. The lowest BCUT2D eigenvalue weighted by Crippen LogP contribution is -2.30. The molecule has 0 radical (unpaired) electrons. The summed E-state index contributed by atoms with van der Waals surface area (Å²) >= 11 is 1.35. The molecule has 0 aliphatic heterocycles. The van der Waals surface area contributed by atoms with Gasteiger partial charge in [0.1, 0.15) is 5.69 Å². The fourth-order valence-corrected chi connectivity index (χ4v) is 3.86. The maximum Gasteiger partial charge on any atom is 0.284 e. The summed E-state index contributed by atoms with van der Waals surface area (Å²) in [6, 6.07) is 9.29. The molecule has 1 aromatic carbocycles. The van der Waals surface area contributed by atoms with E-state index >= 15 is 0 Å². The monoisotopic (exact) mass is 390 g/mol. The lowest BCUT2D eigenvalue weighted by molar-refractivity contribution is 0.0977. The molecule has 0 bridgehead atoms. The largest absolute Gasteiger partial charge is 0.318 e. The zero-order valence-electron chi connectivity index (χ0n) is 14.4. The third-order valence-electron chi connectivity index (χ3n) is 3.96. The molecule has 136 valence electrons. The van der Waals surface area contributed by atoms with Crippen molar-refractivity contribution in [3.05, 3.63) is 40.4 Å². The second kappa shape index (κ2) is 7.05. The molecular weight excluding hydrogens is 372 g/mol. The summed E-state index contributed by atoms with van der Waals surface area (Å²) in [5, 5.41) is 9.60. The van der Waals surface area contributed by atoms with E-state index in [0.29, 0.717) is 21.5 Å². The van der Waals surface area contributed by atoms with E-state index in [4.69, 9.17) is 5.26 Å². The number of carbonyl (C=O) groups is 1. The Morgan fingerprint density at radius 2 is 2.04 bits per heavy atom. The predicted octanol–water partition coefficient (Wildman–Crippen LogP) is 2.56. The lowest BCUT2D eigenvalue weighted by Gasteiger charge is -2.22. The smallest absolute Gasteiger partial charge is 0.284 e. The highest BCUT2D eigenvalue weighted by Gasteiger charge is 2.28. The second-order valence-electron chi connectivity index (χ2n) is 6.32. The Labute approximate surface area is 156 Å². The van der Waals surface area contributed by atoms with Gasteiger partial charge in [-0.05, 0) is 49.9 Å². The van der Waals surface area contributed by atoms with E-state index in [2.05, 4.69) is 11.1 Å². The van der Waals surface area contributed by atoms with E-state index in [1.54, 1.807) is 19.1 Å². The fourth-order valence-electron chi connectivity index (χ4n) is 2.49. The summed E-state index contributed by atoms with van der Waals surface area (Å²) in [5.41, 5.74) is 1.58. The molecule has 0 saturated heterocycles. The van der Waals surface area contributed by atoms with E-state index in [-0.39, 0.29) is 5.69 Å². The molecule has 0 spiro atoms. The number of hydrogen-bond acceptors (Lipinski definition) is 7. The second-order valence-corrected chi connectivity index (χ2v) is 9.25. The molecule has 0 unspecified atom stereocenters. The van der Waals surface area contributed by atoms with E-state index < -0.39 is 15.9 Å².